The first kappa shape index (κ1) is 32.4. The number of nitrogens with zero attached hydrogens (tertiary/aromatic N) is 4. The fraction of sp³-hybridized carbons (Fsp3) is 0.550. The van der Waals surface area contributed by atoms with E-state index < -0.39 is 5.16 Å². The van der Waals surface area contributed by atoms with Crippen LogP contribution in [-0.4, -0.2) is 31.3 Å². The predicted molar refractivity (Wildman–Crippen MR) is 190 cm³/mol. The van der Waals surface area contributed by atoms with E-state index in [1.165, 1.54) is 17.3 Å². The summed E-state index contributed by atoms with van der Waals surface area (Å²) in [5.74, 6) is 9.74. The Bertz CT molecular complexity index is 1440. The van der Waals surface area contributed by atoms with Gasteiger partial charge in [-0.15, -0.1) is 14.8 Å². The van der Waals surface area contributed by atoms with Crippen LogP contribution in [0.4, 0.5) is 0 Å². The van der Waals surface area contributed by atoms with E-state index in [0.29, 0.717) is 0 Å². The van der Waals surface area contributed by atoms with Crippen LogP contribution in [0.5, 0.6) is 0 Å². The zero-order chi connectivity index (χ0) is 30.7. The Hall–Kier alpha value is -1.76. The molecular weight excluding hydrogens is 654 g/mol. The van der Waals surface area contributed by atoms with E-state index in [1.54, 1.807) is 64.2 Å². The minimum Gasteiger partial charge on any atom is -0.748 e. The summed E-state index contributed by atoms with van der Waals surface area (Å²) < 4.78 is 0. The van der Waals surface area contributed by atoms with E-state index in [1.807, 2.05) is 67.3 Å². The summed E-state index contributed by atoms with van der Waals surface area (Å²) in [4.78, 5) is 19.2. The molecular formula is C40H48FeN4P2-6. The van der Waals surface area contributed by atoms with Crippen LogP contribution in [0.25, 0.3) is 0 Å². The van der Waals surface area contributed by atoms with Crippen LogP contribution in [-0.2, 0) is 28.4 Å². The number of hydrogen-bond acceptors (Lipinski definition) is 4. The molecule has 8 bridgehead atoms. The molecule has 0 radical (unpaired) electrons. The normalized spacial score (nSPS) is 35.2. The van der Waals surface area contributed by atoms with Crippen LogP contribution >= 0.6 is 17.2 Å². The monoisotopic (exact) mass is 702 g/mol. The van der Waals surface area contributed by atoms with Gasteiger partial charge in [0.25, 0.3) is 0 Å². The van der Waals surface area contributed by atoms with Crippen molar-refractivity contribution in [2.45, 2.75) is 86.8 Å². The van der Waals surface area contributed by atoms with Gasteiger partial charge >= 0.3 is 0 Å². The van der Waals surface area contributed by atoms with Crippen LogP contribution < -0.4 is 0 Å². The van der Waals surface area contributed by atoms with Gasteiger partial charge in [-0.3, -0.25) is 0 Å². The zero-order valence-electron chi connectivity index (χ0n) is 27.3. The molecule has 1 atom stereocenters. The second-order valence-corrected chi connectivity index (χ2v) is 19.3. The molecule has 8 fully saturated rings. The molecule has 12 rings (SSSR count). The molecule has 4 aromatic rings. The van der Waals surface area contributed by atoms with E-state index in [2.05, 4.69) is 27.4 Å². The van der Waals surface area contributed by atoms with Crippen molar-refractivity contribution in [3.8, 4) is 0 Å². The molecule has 4 nitrogen and oxygen atoms in total. The Morgan fingerprint density at radius 3 is 1.38 bits per heavy atom. The first-order valence-electron chi connectivity index (χ1n) is 18.1. The van der Waals surface area contributed by atoms with Crippen LogP contribution in [0, 0.1) is 47.3 Å². The molecule has 7 heteroatoms. The molecule has 0 amide bonds. The molecule has 252 valence electrons. The predicted octanol–water partition coefficient (Wildman–Crippen LogP) is 9.19. The molecule has 47 heavy (non-hydrogen) atoms. The molecule has 8 aliphatic carbocycles. The molecule has 8 aliphatic rings. The number of aromatic nitrogens is 4. The van der Waals surface area contributed by atoms with Gasteiger partial charge in [0.2, 0.25) is 0 Å². The number of hydrogen-bond donors (Lipinski definition) is 0. The molecule has 0 spiro atoms. The standard InChI is InChI=1S/C35H43N4P2.C5H5.Fe/c40-35(33-36-6-2-7-37-33,34-38-8-3-9-39-34)30-5-1-4-25(30)20-41(31-26-12-21-10-22(14-26)15-27(31)13-21)32-28-16-23-11-24(18-28)19-29(32)17-23;1-2-4-5-3-1;/h1-9,21-24,26-29,31-32H,10-20,40H2;1-5H;/q-1;-5;. The molecule has 2 heterocycles. The van der Waals surface area contributed by atoms with Gasteiger partial charge in [0.15, 0.2) is 0 Å². The van der Waals surface area contributed by atoms with Crippen molar-refractivity contribution in [2.24, 2.45) is 47.3 Å². The average Bonchev–Trinajstić information content (AvgIpc) is 3.81. The quantitative estimate of drug-likeness (QED) is 0.110. The summed E-state index contributed by atoms with van der Waals surface area (Å²) in [7, 11) is 3.03. The Balaban J connectivity index is 0.000000497. The third-order valence-corrected chi connectivity index (χ3v) is 17.9. The van der Waals surface area contributed by atoms with Crippen molar-refractivity contribution < 1.29 is 17.1 Å². The second kappa shape index (κ2) is 13.5. The molecule has 0 aliphatic heterocycles. The van der Waals surface area contributed by atoms with Gasteiger partial charge in [0, 0.05) is 41.9 Å². The van der Waals surface area contributed by atoms with Crippen molar-refractivity contribution in [3.05, 3.63) is 108 Å². The van der Waals surface area contributed by atoms with Crippen LogP contribution in [0.2, 0.25) is 0 Å². The maximum atomic E-state index is 4.80. The van der Waals surface area contributed by atoms with Crippen molar-refractivity contribution in [1.82, 2.24) is 19.9 Å². The van der Waals surface area contributed by atoms with Gasteiger partial charge in [-0.25, -0.2) is 32.1 Å². The zero-order valence-corrected chi connectivity index (χ0v) is 30.5. The van der Waals surface area contributed by atoms with Crippen LogP contribution in [0.1, 0.15) is 87.0 Å². The van der Waals surface area contributed by atoms with Crippen molar-refractivity contribution in [3.63, 3.8) is 0 Å². The summed E-state index contributed by atoms with van der Waals surface area (Å²) >= 11 is 0. The van der Waals surface area contributed by atoms with E-state index >= 15 is 0 Å². The Morgan fingerprint density at radius 2 is 1.00 bits per heavy atom. The molecule has 0 saturated heterocycles. The summed E-state index contributed by atoms with van der Waals surface area (Å²) in [6.45, 7) is 0. The largest absolute Gasteiger partial charge is 0.748 e. The summed E-state index contributed by atoms with van der Waals surface area (Å²) in [5, 5.41) is -0.642. The molecule has 2 aromatic heterocycles. The first-order valence-corrected chi connectivity index (χ1v) is 20.4. The number of rotatable bonds is 7. The summed E-state index contributed by atoms with van der Waals surface area (Å²) in [6.07, 6.45) is 24.2. The third kappa shape index (κ3) is 5.94. The molecule has 2 aromatic carbocycles. The minimum atomic E-state index is -0.642. The summed E-state index contributed by atoms with van der Waals surface area (Å²) in [5.41, 5.74) is 4.81. The first-order chi connectivity index (χ1) is 22.6. The van der Waals surface area contributed by atoms with Crippen molar-refractivity contribution in [2.75, 3.05) is 0 Å². The van der Waals surface area contributed by atoms with Gasteiger partial charge < -0.3 is 30.3 Å². The maximum Gasteiger partial charge on any atom is 0.138 e. The topological polar surface area (TPSA) is 51.6 Å². The fourth-order valence-corrected chi connectivity index (χ4v) is 17.3. The fourth-order valence-electron chi connectivity index (χ4n) is 12.1. The molecule has 8 saturated carbocycles. The van der Waals surface area contributed by atoms with E-state index in [0.717, 1.165) is 70.3 Å². The molecule has 1 unspecified atom stereocenters. The molecule has 0 N–H and O–H groups in total. The van der Waals surface area contributed by atoms with E-state index in [-0.39, 0.29) is 25.0 Å². The van der Waals surface area contributed by atoms with Gasteiger partial charge in [0.05, 0.1) is 5.16 Å². The van der Waals surface area contributed by atoms with Crippen LogP contribution in [0.3, 0.4) is 0 Å². The maximum absolute atomic E-state index is 4.80. The van der Waals surface area contributed by atoms with Gasteiger partial charge in [-0.2, -0.15) is 11.6 Å². The SMILES string of the molecule is PC(c1ncccn1)(c1ncccn1)[c-]1cccc1CP(C1C2CC3CC(C2)CC1C3)C1C2CC3CC(C2)CC1C3.[Fe].[cH-]1[cH-][cH-][cH-][cH-]1. The Morgan fingerprint density at radius 1 is 0.617 bits per heavy atom. The second-order valence-electron chi connectivity index (χ2n) is 15.9. The smallest absolute Gasteiger partial charge is 0.138 e. The van der Waals surface area contributed by atoms with Crippen molar-refractivity contribution >= 4 is 17.2 Å². The minimum absolute atomic E-state index is 0. The Kier molecular flexibility index (Phi) is 9.33. The Labute approximate surface area is 295 Å². The summed E-state index contributed by atoms with van der Waals surface area (Å²) in [6, 6.07) is 20.9. The van der Waals surface area contributed by atoms with E-state index in [4.69, 9.17) is 19.9 Å². The van der Waals surface area contributed by atoms with Crippen molar-refractivity contribution in [1.29, 1.82) is 0 Å². The van der Waals surface area contributed by atoms with Gasteiger partial charge in [0.1, 0.15) is 11.6 Å². The van der Waals surface area contributed by atoms with Crippen LogP contribution in [0.15, 0.2) is 85.5 Å². The third-order valence-electron chi connectivity index (χ3n) is 13.2. The van der Waals surface area contributed by atoms with E-state index in [9.17, 15) is 0 Å². The van der Waals surface area contributed by atoms with Gasteiger partial charge in [-0.05, 0) is 141 Å². The average molecular weight is 703 g/mol. The van der Waals surface area contributed by atoms with Gasteiger partial charge in [-0.1, -0.05) is 7.92 Å².